The second kappa shape index (κ2) is 6.97. The molecule has 0 bridgehead atoms. The predicted molar refractivity (Wildman–Crippen MR) is 72.4 cm³/mol. The number of alkyl halides is 3. The van der Waals surface area contributed by atoms with Gasteiger partial charge in [0.15, 0.2) is 0 Å². The van der Waals surface area contributed by atoms with Crippen molar-refractivity contribution in [3.63, 3.8) is 0 Å². The monoisotopic (exact) mass is 318 g/mol. The zero-order valence-electron chi connectivity index (χ0n) is 11.7. The van der Waals surface area contributed by atoms with E-state index in [0.29, 0.717) is 13.0 Å². The highest BCUT2D eigenvalue weighted by atomic mass is 19.4. The van der Waals surface area contributed by atoms with Gasteiger partial charge in [-0.25, -0.2) is 0 Å². The van der Waals surface area contributed by atoms with Crippen LogP contribution in [-0.4, -0.2) is 42.9 Å². The average Bonchev–Trinajstić information content (AvgIpc) is 2.89. The number of amides is 1. The number of nitrogens with one attached hydrogen (secondary N) is 2. The average molecular weight is 318 g/mol. The van der Waals surface area contributed by atoms with Gasteiger partial charge in [-0.1, -0.05) is 6.07 Å². The lowest BCUT2D eigenvalue weighted by Crippen LogP contribution is -2.41. The molecule has 8 heteroatoms. The second-order valence-electron chi connectivity index (χ2n) is 5.02. The number of hydrogen-bond acceptors (Lipinski definition) is 4. The molecule has 0 aromatic heterocycles. The predicted octanol–water partition coefficient (Wildman–Crippen LogP) is 0.923. The summed E-state index contributed by atoms with van der Waals surface area (Å²) in [5.74, 6) is -0.164. The minimum absolute atomic E-state index is 0.0579. The molecule has 1 amide bonds. The Morgan fingerprint density at radius 1 is 1.45 bits per heavy atom. The van der Waals surface area contributed by atoms with E-state index in [9.17, 15) is 23.1 Å². The van der Waals surface area contributed by atoms with Crippen LogP contribution >= 0.6 is 0 Å². The lowest BCUT2D eigenvalue weighted by Gasteiger charge is -2.12. The topological polar surface area (TPSA) is 70.6 Å². The molecule has 1 heterocycles. The number of hydrogen-bond donors (Lipinski definition) is 3. The van der Waals surface area contributed by atoms with E-state index in [1.807, 2.05) is 0 Å². The largest absolute Gasteiger partial charge is 0.492 e. The molecule has 0 aliphatic carbocycles. The molecular formula is C14H17F3N2O3. The molecule has 1 saturated heterocycles. The van der Waals surface area contributed by atoms with Gasteiger partial charge in [0.05, 0.1) is 24.3 Å². The maximum Gasteiger partial charge on any atom is 0.416 e. The molecule has 2 atom stereocenters. The Hall–Kier alpha value is -1.80. The molecular weight excluding hydrogens is 301 g/mol. The number of halogens is 3. The lowest BCUT2D eigenvalue weighted by molar-refractivity contribution is -0.137. The fourth-order valence-electron chi connectivity index (χ4n) is 2.15. The van der Waals surface area contributed by atoms with Crippen LogP contribution in [0, 0.1) is 0 Å². The number of β-amino-alcohol motifs (C(OH)–C–C–N with tert-alkyl or cyclic N) is 1. The van der Waals surface area contributed by atoms with Crippen LogP contribution in [0.1, 0.15) is 12.0 Å². The molecule has 122 valence electrons. The Morgan fingerprint density at radius 2 is 2.23 bits per heavy atom. The van der Waals surface area contributed by atoms with Crippen LogP contribution < -0.4 is 15.4 Å². The summed E-state index contributed by atoms with van der Waals surface area (Å²) in [5.41, 5.74) is -0.779. The van der Waals surface area contributed by atoms with Crippen molar-refractivity contribution >= 4 is 5.91 Å². The fraction of sp³-hybridized carbons (Fsp3) is 0.500. The van der Waals surface area contributed by atoms with E-state index in [0.717, 1.165) is 12.1 Å². The maximum atomic E-state index is 12.5. The highest BCUT2D eigenvalue weighted by molar-refractivity contribution is 5.82. The Balaban J connectivity index is 1.74. The molecule has 1 aliphatic rings. The SMILES string of the molecule is O=C(NCCOc1cccc(C(F)(F)F)c1)[C@@H]1C[C@@H](O)CN1. The Morgan fingerprint density at radius 3 is 2.86 bits per heavy atom. The number of carbonyl (C=O) groups is 1. The molecule has 1 aromatic carbocycles. The van der Waals surface area contributed by atoms with Gasteiger partial charge in [0, 0.05) is 6.54 Å². The maximum absolute atomic E-state index is 12.5. The minimum Gasteiger partial charge on any atom is -0.492 e. The smallest absolute Gasteiger partial charge is 0.416 e. The van der Waals surface area contributed by atoms with Crippen molar-refractivity contribution in [3.8, 4) is 5.75 Å². The number of aliphatic hydroxyl groups excluding tert-OH is 1. The van der Waals surface area contributed by atoms with Gasteiger partial charge in [0.25, 0.3) is 0 Å². The quantitative estimate of drug-likeness (QED) is 0.706. The lowest BCUT2D eigenvalue weighted by atomic mass is 10.2. The molecule has 2 rings (SSSR count). The van der Waals surface area contributed by atoms with E-state index in [1.165, 1.54) is 12.1 Å². The normalized spacial score (nSPS) is 21.6. The van der Waals surface area contributed by atoms with Crippen LogP contribution in [0.4, 0.5) is 13.2 Å². The van der Waals surface area contributed by atoms with Gasteiger partial charge in [-0.3, -0.25) is 4.79 Å². The van der Waals surface area contributed by atoms with Crippen molar-refractivity contribution in [3.05, 3.63) is 29.8 Å². The van der Waals surface area contributed by atoms with Crippen LogP contribution in [0.15, 0.2) is 24.3 Å². The van der Waals surface area contributed by atoms with E-state index in [-0.39, 0.29) is 24.8 Å². The van der Waals surface area contributed by atoms with Gasteiger partial charge in [0.1, 0.15) is 12.4 Å². The van der Waals surface area contributed by atoms with Gasteiger partial charge in [-0.15, -0.1) is 0 Å². The van der Waals surface area contributed by atoms with E-state index in [1.54, 1.807) is 0 Å². The summed E-state index contributed by atoms with van der Waals surface area (Å²) in [5, 5.41) is 14.8. The summed E-state index contributed by atoms with van der Waals surface area (Å²) in [6.45, 7) is 0.602. The Bertz CT molecular complexity index is 522. The highest BCUT2D eigenvalue weighted by Gasteiger charge is 2.30. The molecule has 5 nitrogen and oxygen atoms in total. The Kier molecular flexibility index (Phi) is 5.25. The summed E-state index contributed by atoms with van der Waals surface area (Å²) < 4.78 is 42.8. The highest BCUT2D eigenvalue weighted by Crippen LogP contribution is 2.31. The molecule has 1 aliphatic heterocycles. The molecule has 0 spiro atoms. The summed E-state index contributed by atoms with van der Waals surface area (Å²) >= 11 is 0. The molecule has 0 unspecified atom stereocenters. The number of benzene rings is 1. The van der Waals surface area contributed by atoms with Crippen molar-refractivity contribution in [1.82, 2.24) is 10.6 Å². The summed E-state index contributed by atoms with van der Waals surface area (Å²) in [6, 6.07) is 4.12. The second-order valence-corrected chi connectivity index (χ2v) is 5.02. The number of rotatable bonds is 5. The van der Waals surface area contributed by atoms with Crippen LogP contribution in [0.2, 0.25) is 0 Å². The summed E-state index contributed by atoms with van der Waals surface area (Å²) in [4.78, 5) is 11.7. The standard InChI is InChI=1S/C14H17F3N2O3/c15-14(16,17)9-2-1-3-11(6-9)22-5-4-18-13(21)12-7-10(20)8-19-12/h1-3,6,10,12,19-20H,4-5,7-8H2,(H,18,21)/t10-,12+/m1/s1. The van der Waals surface area contributed by atoms with Crippen molar-refractivity contribution in [2.45, 2.75) is 24.7 Å². The van der Waals surface area contributed by atoms with Gasteiger partial charge < -0.3 is 20.5 Å². The zero-order valence-corrected chi connectivity index (χ0v) is 11.7. The van der Waals surface area contributed by atoms with Crippen molar-refractivity contribution < 1.29 is 27.8 Å². The Labute approximate surface area is 125 Å². The van der Waals surface area contributed by atoms with E-state index in [2.05, 4.69) is 10.6 Å². The number of aliphatic hydroxyl groups is 1. The van der Waals surface area contributed by atoms with Gasteiger partial charge >= 0.3 is 6.18 Å². The van der Waals surface area contributed by atoms with Gasteiger partial charge in [-0.05, 0) is 24.6 Å². The van der Waals surface area contributed by atoms with Crippen LogP contribution in [-0.2, 0) is 11.0 Å². The molecule has 3 N–H and O–H groups in total. The van der Waals surface area contributed by atoms with Crippen molar-refractivity contribution in [1.29, 1.82) is 0 Å². The van der Waals surface area contributed by atoms with Gasteiger partial charge in [-0.2, -0.15) is 13.2 Å². The first-order valence-corrected chi connectivity index (χ1v) is 6.85. The molecule has 1 aromatic rings. The first-order chi connectivity index (χ1) is 10.4. The van der Waals surface area contributed by atoms with Crippen LogP contribution in [0.25, 0.3) is 0 Å². The number of carbonyl (C=O) groups excluding carboxylic acids is 1. The van der Waals surface area contributed by atoms with Gasteiger partial charge in [0.2, 0.25) is 5.91 Å². The molecule has 0 radical (unpaired) electrons. The van der Waals surface area contributed by atoms with Crippen LogP contribution in [0.3, 0.4) is 0 Å². The first kappa shape index (κ1) is 16.6. The molecule has 1 fully saturated rings. The van der Waals surface area contributed by atoms with Crippen molar-refractivity contribution in [2.75, 3.05) is 19.7 Å². The molecule has 22 heavy (non-hydrogen) atoms. The first-order valence-electron chi connectivity index (χ1n) is 6.85. The third-order valence-corrected chi connectivity index (χ3v) is 3.26. The van der Waals surface area contributed by atoms with E-state index in [4.69, 9.17) is 4.74 Å². The third kappa shape index (κ3) is 4.60. The molecule has 0 saturated carbocycles. The third-order valence-electron chi connectivity index (χ3n) is 3.26. The van der Waals surface area contributed by atoms with E-state index >= 15 is 0 Å². The number of ether oxygens (including phenoxy) is 1. The summed E-state index contributed by atoms with van der Waals surface area (Å²) in [7, 11) is 0. The summed E-state index contributed by atoms with van der Waals surface area (Å²) in [6.07, 6.45) is -4.60. The zero-order chi connectivity index (χ0) is 16.2. The fourth-order valence-corrected chi connectivity index (χ4v) is 2.15. The minimum atomic E-state index is -4.41. The van der Waals surface area contributed by atoms with Crippen molar-refractivity contribution in [2.24, 2.45) is 0 Å². The van der Waals surface area contributed by atoms with E-state index < -0.39 is 23.9 Å². The van der Waals surface area contributed by atoms with Crippen LogP contribution in [0.5, 0.6) is 5.75 Å².